The van der Waals surface area contributed by atoms with Crippen LogP contribution in [-0.2, 0) is 0 Å². The second kappa shape index (κ2) is 6.34. The lowest BCUT2D eigenvalue weighted by Crippen LogP contribution is -2.11. The first kappa shape index (κ1) is 16.0. The summed E-state index contributed by atoms with van der Waals surface area (Å²) in [5.74, 6) is -0.208. The molecule has 1 heterocycles. The van der Waals surface area contributed by atoms with E-state index in [9.17, 15) is 10.1 Å². The van der Waals surface area contributed by atoms with Gasteiger partial charge in [0.1, 0.15) is 11.8 Å². The normalized spacial score (nSPS) is 10.4. The van der Waals surface area contributed by atoms with Crippen molar-refractivity contribution in [3.63, 3.8) is 0 Å². The van der Waals surface area contributed by atoms with Crippen molar-refractivity contribution in [1.82, 2.24) is 4.57 Å². The van der Waals surface area contributed by atoms with Crippen LogP contribution in [0.25, 0.3) is 5.69 Å². The number of nitriles is 1. The molecule has 4 nitrogen and oxygen atoms in total. The number of ketones is 1. The summed E-state index contributed by atoms with van der Waals surface area (Å²) in [6.45, 7) is 1.79. The van der Waals surface area contributed by atoms with Crippen LogP contribution in [-0.4, -0.2) is 10.4 Å². The fraction of sp³-hybridized carbons (Fsp3) is 0.0526. The summed E-state index contributed by atoms with van der Waals surface area (Å²) in [6, 6.07) is 18.5. The molecule has 0 bridgehead atoms. The molecule has 0 saturated heterocycles. The highest BCUT2D eigenvalue weighted by Crippen LogP contribution is 2.30. The average molecular weight is 380 g/mol. The molecule has 0 fully saturated rings. The zero-order chi connectivity index (χ0) is 17.3. The molecule has 0 amide bonds. The Labute approximate surface area is 148 Å². The van der Waals surface area contributed by atoms with Gasteiger partial charge >= 0.3 is 0 Å². The third-order valence-corrected chi connectivity index (χ3v) is 4.42. The first-order chi connectivity index (χ1) is 11.5. The highest BCUT2D eigenvalue weighted by molar-refractivity contribution is 9.10. The largest absolute Gasteiger partial charge is 0.396 e. The van der Waals surface area contributed by atoms with Crippen LogP contribution >= 0.6 is 15.9 Å². The average Bonchev–Trinajstić information content (AvgIpc) is 2.86. The number of rotatable bonds is 3. The summed E-state index contributed by atoms with van der Waals surface area (Å²) >= 11 is 3.40. The summed E-state index contributed by atoms with van der Waals surface area (Å²) in [6.07, 6.45) is 0. The van der Waals surface area contributed by atoms with E-state index < -0.39 is 0 Å². The number of carbonyl (C=O) groups is 1. The van der Waals surface area contributed by atoms with E-state index in [1.54, 1.807) is 35.8 Å². The molecule has 5 heteroatoms. The molecule has 0 spiro atoms. The Morgan fingerprint density at radius 2 is 1.75 bits per heavy atom. The zero-order valence-corrected chi connectivity index (χ0v) is 14.5. The Hall–Kier alpha value is -2.84. The van der Waals surface area contributed by atoms with E-state index >= 15 is 0 Å². The van der Waals surface area contributed by atoms with Crippen LogP contribution < -0.4 is 5.73 Å². The first-order valence-corrected chi connectivity index (χ1v) is 8.10. The number of nitrogens with zero attached hydrogens (tertiary/aromatic N) is 2. The standard InChI is InChI=1S/C19H14BrN3O/c1-12-16(11-21)17(22)18(19(24)13-5-3-2-4-6-13)23(12)15-9-7-14(20)8-10-15/h2-10H,22H2,1H3. The highest BCUT2D eigenvalue weighted by atomic mass is 79.9. The number of hydrogen-bond acceptors (Lipinski definition) is 3. The van der Waals surface area contributed by atoms with E-state index in [1.807, 2.05) is 30.3 Å². The fourth-order valence-electron chi connectivity index (χ4n) is 2.72. The number of nitrogens with two attached hydrogens (primary N) is 1. The third-order valence-electron chi connectivity index (χ3n) is 3.89. The van der Waals surface area contributed by atoms with Crippen LogP contribution in [0.15, 0.2) is 59.1 Å². The summed E-state index contributed by atoms with van der Waals surface area (Å²) in [5.41, 5.74) is 8.97. The van der Waals surface area contributed by atoms with Crippen molar-refractivity contribution in [2.24, 2.45) is 0 Å². The molecule has 0 unspecified atom stereocenters. The maximum absolute atomic E-state index is 13.0. The number of aromatic nitrogens is 1. The van der Waals surface area contributed by atoms with Crippen molar-refractivity contribution in [1.29, 1.82) is 5.26 Å². The van der Waals surface area contributed by atoms with Gasteiger partial charge in [-0.1, -0.05) is 46.3 Å². The molecule has 0 atom stereocenters. The van der Waals surface area contributed by atoms with Crippen molar-refractivity contribution in [3.05, 3.63) is 81.6 Å². The second-order valence-corrected chi connectivity index (χ2v) is 6.26. The predicted octanol–water partition coefficient (Wildman–Crippen LogP) is 4.23. The lowest BCUT2D eigenvalue weighted by atomic mass is 10.1. The zero-order valence-electron chi connectivity index (χ0n) is 13.0. The highest BCUT2D eigenvalue weighted by Gasteiger charge is 2.25. The van der Waals surface area contributed by atoms with Crippen LogP contribution in [0, 0.1) is 18.3 Å². The molecule has 1 aromatic heterocycles. The summed E-state index contributed by atoms with van der Waals surface area (Å²) < 4.78 is 2.68. The van der Waals surface area contributed by atoms with Crippen LogP contribution in [0.2, 0.25) is 0 Å². The number of hydrogen-bond donors (Lipinski definition) is 1. The van der Waals surface area contributed by atoms with E-state index in [4.69, 9.17) is 5.73 Å². The maximum Gasteiger partial charge on any atom is 0.211 e. The Morgan fingerprint density at radius 3 is 2.33 bits per heavy atom. The van der Waals surface area contributed by atoms with Gasteiger partial charge in [-0.2, -0.15) is 5.26 Å². The minimum absolute atomic E-state index is 0.208. The molecule has 118 valence electrons. The van der Waals surface area contributed by atoms with Gasteiger partial charge in [-0.25, -0.2) is 0 Å². The van der Waals surface area contributed by atoms with E-state index in [0.717, 1.165) is 10.2 Å². The third kappa shape index (κ3) is 2.61. The molecule has 0 aliphatic rings. The van der Waals surface area contributed by atoms with Gasteiger partial charge in [0.2, 0.25) is 5.78 Å². The van der Waals surface area contributed by atoms with Crippen LogP contribution in [0.4, 0.5) is 5.69 Å². The number of carbonyl (C=O) groups excluding carboxylic acids is 1. The Bertz CT molecular complexity index is 951. The van der Waals surface area contributed by atoms with Crippen LogP contribution in [0.5, 0.6) is 0 Å². The molecule has 0 aliphatic heterocycles. The topological polar surface area (TPSA) is 71.8 Å². The number of benzene rings is 2. The lowest BCUT2D eigenvalue weighted by molar-refractivity contribution is 0.103. The molecule has 0 aliphatic carbocycles. The van der Waals surface area contributed by atoms with Crippen molar-refractivity contribution < 1.29 is 4.79 Å². The number of anilines is 1. The van der Waals surface area contributed by atoms with E-state index in [1.165, 1.54) is 0 Å². The van der Waals surface area contributed by atoms with Crippen molar-refractivity contribution >= 4 is 27.4 Å². The predicted molar refractivity (Wildman–Crippen MR) is 97.2 cm³/mol. The van der Waals surface area contributed by atoms with E-state index in [0.29, 0.717) is 22.5 Å². The van der Waals surface area contributed by atoms with Crippen LogP contribution in [0.1, 0.15) is 27.3 Å². The SMILES string of the molecule is Cc1c(C#N)c(N)c(C(=O)c2ccccc2)n1-c1ccc(Br)cc1. The molecular formula is C19H14BrN3O. The quantitative estimate of drug-likeness (QED) is 0.691. The summed E-state index contributed by atoms with van der Waals surface area (Å²) in [5, 5.41) is 9.42. The van der Waals surface area contributed by atoms with Gasteiger partial charge in [0.15, 0.2) is 0 Å². The molecule has 0 saturated carbocycles. The summed E-state index contributed by atoms with van der Waals surface area (Å²) in [4.78, 5) is 13.0. The molecular weight excluding hydrogens is 366 g/mol. The number of nitrogen functional groups attached to an aromatic ring is 1. The minimum atomic E-state index is -0.208. The van der Waals surface area contributed by atoms with Gasteiger partial charge in [-0.15, -0.1) is 0 Å². The monoisotopic (exact) mass is 379 g/mol. The molecule has 3 rings (SSSR count). The molecule has 2 aromatic carbocycles. The molecule has 0 radical (unpaired) electrons. The van der Waals surface area contributed by atoms with Gasteiger partial charge in [-0.3, -0.25) is 4.79 Å². The molecule has 24 heavy (non-hydrogen) atoms. The molecule has 2 N–H and O–H groups in total. The maximum atomic E-state index is 13.0. The van der Waals surface area contributed by atoms with Gasteiger partial charge in [0.05, 0.1) is 11.3 Å². The van der Waals surface area contributed by atoms with Gasteiger partial charge in [0, 0.05) is 21.4 Å². The smallest absolute Gasteiger partial charge is 0.211 e. The second-order valence-electron chi connectivity index (χ2n) is 5.34. The molecule has 3 aromatic rings. The minimum Gasteiger partial charge on any atom is -0.396 e. The Morgan fingerprint density at radius 1 is 1.12 bits per heavy atom. The number of halogens is 1. The summed E-state index contributed by atoms with van der Waals surface area (Å²) in [7, 11) is 0. The van der Waals surface area contributed by atoms with Gasteiger partial charge < -0.3 is 10.3 Å². The Balaban J connectivity index is 2.27. The van der Waals surface area contributed by atoms with Crippen molar-refractivity contribution in [2.45, 2.75) is 6.92 Å². The van der Waals surface area contributed by atoms with Crippen molar-refractivity contribution in [3.8, 4) is 11.8 Å². The van der Waals surface area contributed by atoms with Gasteiger partial charge in [-0.05, 0) is 31.2 Å². The van der Waals surface area contributed by atoms with E-state index in [2.05, 4.69) is 22.0 Å². The van der Waals surface area contributed by atoms with E-state index in [-0.39, 0.29) is 11.5 Å². The van der Waals surface area contributed by atoms with Crippen molar-refractivity contribution in [2.75, 3.05) is 5.73 Å². The fourth-order valence-corrected chi connectivity index (χ4v) is 2.98. The Kier molecular flexibility index (Phi) is 4.24. The first-order valence-electron chi connectivity index (χ1n) is 7.31. The lowest BCUT2D eigenvalue weighted by Gasteiger charge is -2.12. The van der Waals surface area contributed by atoms with Crippen LogP contribution in [0.3, 0.4) is 0 Å². The van der Waals surface area contributed by atoms with Gasteiger partial charge in [0.25, 0.3) is 0 Å².